The van der Waals surface area contributed by atoms with Crippen LogP contribution in [0.4, 0.5) is 10.1 Å². The molecule has 5 nitrogen and oxygen atoms in total. The Balaban J connectivity index is 1.71. The zero-order chi connectivity index (χ0) is 28.6. The molecule has 2 unspecified atom stereocenters. The van der Waals surface area contributed by atoms with Gasteiger partial charge in [-0.3, -0.25) is 0 Å². The maximum atomic E-state index is 16.7. The topological polar surface area (TPSA) is 52.0 Å². The van der Waals surface area contributed by atoms with Crippen LogP contribution in [0.3, 0.4) is 0 Å². The van der Waals surface area contributed by atoms with Crippen LogP contribution < -0.4 is 10.6 Å². The molecule has 1 saturated heterocycles. The Hall–Kier alpha value is -2.64. The SMILES string of the molecule is C=NC(CCCCN(C)C(C)C)=Nc1c(CC2CCC(CNC)N2)cc(Cl)c(-c2cccc3ccccc23)c1F. The van der Waals surface area contributed by atoms with E-state index in [4.69, 9.17) is 16.6 Å². The number of hydrogen-bond donors (Lipinski definition) is 2. The van der Waals surface area contributed by atoms with Crippen molar-refractivity contribution in [1.82, 2.24) is 15.5 Å². The van der Waals surface area contributed by atoms with E-state index >= 15 is 4.39 Å². The summed E-state index contributed by atoms with van der Waals surface area (Å²) in [6, 6.07) is 16.9. The van der Waals surface area contributed by atoms with Gasteiger partial charge in [-0.15, -0.1) is 0 Å². The molecule has 4 rings (SSSR count). The van der Waals surface area contributed by atoms with Gasteiger partial charge in [0.2, 0.25) is 0 Å². The van der Waals surface area contributed by atoms with Crippen LogP contribution in [-0.2, 0) is 6.42 Å². The molecule has 7 heteroatoms. The molecule has 0 spiro atoms. The third kappa shape index (κ3) is 7.35. The monoisotopic (exact) mass is 563 g/mol. The van der Waals surface area contributed by atoms with Gasteiger partial charge in [-0.2, -0.15) is 0 Å². The van der Waals surface area contributed by atoms with Crippen molar-refractivity contribution in [2.24, 2.45) is 9.98 Å². The van der Waals surface area contributed by atoms with E-state index in [1.165, 1.54) is 0 Å². The van der Waals surface area contributed by atoms with Gasteiger partial charge in [0.25, 0.3) is 0 Å². The zero-order valence-electron chi connectivity index (χ0n) is 24.3. The molecule has 0 amide bonds. The van der Waals surface area contributed by atoms with Crippen molar-refractivity contribution in [3.8, 4) is 11.1 Å². The lowest BCUT2D eigenvalue weighted by Gasteiger charge is -2.20. The number of nitrogens with zero attached hydrogens (tertiary/aromatic N) is 3. The van der Waals surface area contributed by atoms with Gasteiger partial charge in [0.15, 0.2) is 5.82 Å². The molecule has 1 aliphatic heterocycles. The predicted molar refractivity (Wildman–Crippen MR) is 170 cm³/mol. The van der Waals surface area contributed by atoms with Gasteiger partial charge in [0.1, 0.15) is 11.5 Å². The number of amidine groups is 1. The highest BCUT2D eigenvalue weighted by Crippen LogP contribution is 2.42. The van der Waals surface area contributed by atoms with Gasteiger partial charge in [0.05, 0.1) is 5.02 Å². The highest BCUT2D eigenvalue weighted by Gasteiger charge is 2.27. The molecular weight excluding hydrogens is 521 g/mol. The van der Waals surface area contributed by atoms with E-state index in [9.17, 15) is 0 Å². The van der Waals surface area contributed by atoms with E-state index in [1.54, 1.807) is 0 Å². The molecule has 0 aliphatic carbocycles. The normalized spacial score (nSPS) is 17.9. The second-order valence-corrected chi connectivity index (χ2v) is 11.6. The van der Waals surface area contributed by atoms with Gasteiger partial charge in [0, 0.05) is 36.7 Å². The van der Waals surface area contributed by atoms with Crippen molar-refractivity contribution in [2.45, 2.75) is 70.5 Å². The fraction of sp³-hybridized carbons (Fsp3) is 0.455. The number of hydrogen-bond acceptors (Lipinski definition) is 4. The van der Waals surface area contributed by atoms with Crippen molar-refractivity contribution >= 4 is 40.6 Å². The molecule has 214 valence electrons. The first-order valence-electron chi connectivity index (χ1n) is 14.5. The summed E-state index contributed by atoms with van der Waals surface area (Å²) in [6.07, 6.45) is 5.32. The van der Waals surface area contributed by atoms with Crippen molar-refractivity contribution in [2.75, 3.05) is 27.2 Å². The van der Waals surface area contributed by atoms with Gasteiger partial charge < -0.3 is 15.5 Å². The highest BCUT2D eigenvalue weighted by molar-refractivity contribution is 6.34. The third-order valence-corrected chi connectivity index (χ3v) is 8.35. The van der Waals surface area contributed by atoms with Crippen LogP contribution in [0.25, 0.3) is 21.9 Å². The van der Waals surface area contributed by atoms with E-state index in [1.807, 2.05) is 55.6 Å². The number of halogens is 2. The van der Waals surface area contributed by atoms with Crippen LogP contribution in [-0.4, -0.2) is 62.8 Å². The molecule has 0 aromatic heterocycles. The van der Waals surface area contributed by atoms with Crippen LogP contribution in [0.15, 0.2) is 58.5 Å². The maximum Gasteiger partial charge on any atom is 0.158 e. The smallest absolute Gasteiger partial charge is 0.158 e. The standard InChI is InChI=1S/C33H43ClFN5/c1-22(2)40(5)18-9-8-15-30(37-4)39-33-24(19-25-16-17-26(38-25)21-36-3)20-29(34)31(32(33)35)28-14-10-12-23-11-6-7-13-27(23)28/h6-7,10-14,20,22,25-26,36,38H,4,8-9,15-19,21H2,1-3,5H3. The van der Waals surface area contributed by atoms with Crippen LogP contribution in [0.2, 0.25) is 5.02 Å². The number of benzene rings is 3. The molecule has 1 aliphatic rings. The lowest BCUT2D eigenvalue weighted by Crippen LogP contribution is -2.37. The molecule has 3 aromatic rings. The predicted octanol–water partition coefficient (Wildman–Crippen LogP) is 7.42. The molecule has 0 bridgehead atoms. The summed E-state index contributed by atoms with van der Waals surface area (Å²) < 4.78 is 16.7. The fourth-order valence-corrected chi connectivity index (χ4v) is 5.88. The quantitative estimate of drug-likeness (QED) is 0.137. The summed E-state index contributed by atoms with van der Waals surface area (Å²) in [6.45, 7) is 10.1. The van der Waals surface area contributed by atoms with Crippen molar-refractivity contribution in [3.63, 3.8) is 0 Å². The van der Waals surface area contributed by atoms with Crippen LogP contribution >= 0.6 is 11.6 Å². The Labute approximate surface area is 243 Å². The first-order valence-corrected chi connectivity index (χ1v) is 14.8. The van der Waals surface area contributed by atoms with Gasteiger partial charge >= 0.3 is 0 Å². The van der Waals surface area contributed by atoms with Crippen molar-refractivity contribution in [3.05, 3.63) is 64.9 Å². The number of fused-ring (bicyclic) bond motifs is 1. The second-order valence-electron chi connectivity index (χ2n) is 11.2. The van der Waals surface area contributed by atoms with E-state index in [-0.39, 0.29) is 6.04 Å². The fourth-order valence-electron chi connectivity index (χ4n) is 5.56. The summed E-state index contributed by atoms with van der Waals surface area (Å²) in [5.74, 6) is 0.162. The molecule has 0 saturated carbocycles. The van der Waals surface area contributed by atoms with Crippen LogP contribution in [0.5, 0.6) is 0 Å². The Morgan fingerprint density at radius 3 is 2.65 bits per heavy atom. The summed E-state index contributed by atoms with van der Waals surface area (Å²) in [5, 5.41) is 9.33. The number of unbranched alkanes of at least 4 members (excludes halogenated alkanes) is 1. The maximum absolute atomic E-state index is 16.7. The van der Waals surface area contributed by atoms with Gasteiger partial charge in [-0.05, 0) is 101 Å². The molecular formula is C33H43ClFN5. The Morgan fingerprint density at radius 2 is 1.90 bits per heavy atom. The largest absolute Gasteiger partial charge is 0.318 e. The molecule has 3 aromatic carbocycles. The van der Waals surface area contributed by atoms with Gasteiger partial charge in [-0.1, -0.05) is 54.1 Å². The third-order valence-electron chi connectivity index (χ3n) is 8.05. The minimum atomic E-state index is -0.399. The minimum Gasteiger partial charge on any atom is -0.318 e. The van der Waals surface area contributed by atoms with Crippen molar-refractivity contribution in [1.29, 1.82) is 0 Å². The van der Waals surface area contributed by atoms with Crippen LogP contribution in [0.1, 0.15) is 51.5 Å². The molecule has 40 heavy (non-hydrogen) atoms. The summed E-state index contributed by atoms with van der Waals surface area (Å²) in [5.41, 5.74) is 2.28. The minimum absolute atomic E-state index is 0.234. The average molecular weight is 564 g/mol. The van der Waals surface area contributed by atoms with E-state index < -0.39 is 5.82 Å². The molecule has 1 fully saturated rings. The van der Waals surface area contributed by atoms with Gasteiger partial charge in [-0.25, -0.2) is 14.4 Å². The van der Waals surface area contributed by atoms with Crippen LogP contribution in [0, 0.1) is 5.82 Å². The molecule has 2 N–H and O–H groups in total. The van der Waals surface area contributed by atoms with E-state index in [2.05, 4.69) is 48.1 Å². The first-order chi connectivity index (χ1) is 19.3. The first kappa shape index (κ1) is 30.3. The Bertz CT molecular complexity index is 1330. The second kappa shape index (κ2) is 14.3. The number of aliphatic imine (C=N–C) groups is 2. The summed E-state index contributed by atoms with van der Waals surface area (Å²) in [7, 11) is 4.10. The van der Waals surface area contributed by atoms with Crippen molar-refractivity contribution < 1.29 is 4.39 Å². The average Bonchev–Trinajstić information content (AvgIpc) is 3.38. The number of rotatable bonds is 12. The lowest BCUT2D eigenvalue weighted by molar-refractivity contribution is 0.269. The van der Waals surface area contributed by atoms with E-state index in [0.717, 1.165) is 60.7 Å². The Morgan fingerprint density at radius 1 is 1.15 bits per heavy atom. The lowest BCUT2D eigenvalue weighted by atomic mass is 9.94. The summed E-state index contributed by atoms with van der Waals surface area (Å²) >= 11 is 6.87. The number of nitrogens with one attached hydrogen (secondary N) is 2. The summed E-state index contributed by atoms with van der Waals surface area (Å²) in [4.78, 5) is 11.4. The zero-order valence-corrected chi connectivity index (χ0v) is 25.1. The molecule has 1 heterocycles. The molecule has 0 radical (unpaired) electrons. The highest BCUT2D eigenvalue weighted by atomic mass is 35.5. The van der Waals surface area contributed by atoms with E-state index in [0.29, 0.717) is 47.0 Å². The number of likely N-dealkylation sites (N-methyl/N-ethyl adjacent to an activating group) is 1. The molecule has 2 atom stereocenters. The Kier molecular flexibility index (Phi) is 10.8.